The van der Waals surface area contributed by atoms with Gasteiger partial charge in [-0.05, 0) is 50.2 Å². The molecule has 0 aliphatic heterocycles. The molecule has 9 heteroatoms. The van der Waals surface area contributed by atoms with Crippen LogP contribution in [0.25, 0.3) is 5.69 Å². The number of anilines is 1. The van der Waals surface area contributed by atoms with Gasteiger partial charge in [0, 0.05) is 13.1 Å². The van der Waals surface area contributed by atoms with E-state index in [2.05, 4.69) is 9.82 Å². The van der Waals surface area contributed by atoms with Crippen molar-refractivity contribution in [2.24, 2.45) is 0 Å². The SMILES string of the molecule is CCN(CC)C(=O)c1cnn(-c2ccccc2)c1NS(=O)(=O)c1ccc(OC)cc1. The first-order valence-corrected chi connectivity index (χ1v) is 11.0. The van der Waals surface area contributed by atoms with Crippen molar-refractivity contribution in [1.82, 2.24) is 14.7 Å². The lowest BCUT2D eigenvalue weighted by Crippen LogP contribution is -2.31. The van der Waals surface area contributed by atoms with Gasteiger partial charge in [-0.25, -0.2) is 13.1 Å². The predicted octanol–water partition coefficient (Wildman–Crippen LogP) is 3.16. The minimum atomic E-state index is -3.97. The van der Waals surface area contributed by atoms with Gasteiger partial charge < -0.3 is 9.64 Å². The molecule has 0 fully saturated rings. The van der Waals surface area contributed by atoms with Crippen molar-refractivity contribution in [3.63, 3.8) is 0 Å². The normalized spacial score (nSPS) is 11.2. The molecule has 1 amide bonds. The molecule has 3 aromatic rings. The predicted molar refractivity (Wildman–Crippen MR) is 115 cm³/mol. The monoisotopic (exact) mass is 428 g/mol. The van der Waals surface area contributed by atoms with Gasteiger partial charge in [-0.2, -0.15) is 5.10 Å². The number of aromatic nitrogens is 2. The van der Waals surface area contributed by atoms with Crippen molar-refractivity contribution in [2.45, 2.75) is 18.7 Å². The van der Waals surface area contributed by atoms with E-state index in [9.17, 15) is 13.2 Å². The van der Waals surface area contributed by atoms with Crippen molar-refractivity contribution in [3.8, 4) is 11.4 Å². The van der Waals surface area contributed by atoms with Gasteiger partial charge in [0.25, 0.3) is 15.9 Å². The highest BCUT2D eigenvalue weighted by Gasteiger charge is 2.26. The summed E-state index contributed by atoms with van der Waals surface area (Å²) in [6.07, 6.45) is 1.39. The maximum atomic E-state index is 13.0. The molecule has 0 saturated carbocycles. The van der Waals surface area contributed by atoms with Crippen LogP contribution in [0.15, 0.2) is 65.7 Å². The van der Waals surface area contributed by atoms with Crippen LogP contribution in [-0.2, 0) is 10.0 Å². The lowest BCUT2D eigenvalue weighted by Gasteiger charge is -2.19. The molecule has 3 rings (SSSR count). The summed E-state index contributed by atoms with van der Waals surface area (Å²) in [5.41, 5.74) is 0.808. The van der Waals surface area contributed by atoms with Crippen molar-refractivity contribution < 1.29 is 17.9 Å². The number of carbonyl (C=O) groups excluding carboxylic acids is 1. The van der Waals surface area contributed by atoms with Crippen LogP contribution in [0.1, 0.15) is 24.2 Å². The molecular weight excluding hydrogens is 404 g/mol. The number of carbonyl (C=O) groups is 1. The third-order valence-electron chi connectivity index (χ3n) is 4.65. The molecule has 1 aromatic heterocycles. The Morgan fingerprint density at radius 3 is 2.27 bits per heavy atom. The fourth-order valence-electron chi connectivity index (χ4n) is 2.99. The van der Waals surface area contributed by atoms with Gasteiger partial charge in [0.1, 0.15) is 11.3 Å². The maximum Gasteiger partial charge on any atom is 0.263 e. The number of methoxy groups -OCH3 is 1. The van der Waals surface area contributed by atoms with Crippen LogP contribution in [0.5, 0.6) is 5.75 Å². The molecule has 158 valence electrons. The minimum Gasteiger partial charge on any atom is -0.497 e. The fraction of sp³-hybridized carbons (Fsp3) is 0.238. The van der Waals surface area contributed by atoms with Crippen molar-refractivity contribution in [1.29, 1.82) is 0 Å². The highest BCUT2D eigenvalue weighted by Crippen LogP contribution is 2.25. The molecule has 0 saturated heterocycles. The van der Waals surface area contributed by atoms with Gasteiger partial charge in [0.2, 0.25) is 0 Å². The highest BCUT2D eigenvalue weighted by atomic mass is 32.2. The van der Waals surface area contributed by atoms with Crippen LogP contribution < -0.4 is 9.46 Å². The van der Waals surface area contributed by atoms with Gasteiger partial charge in [0.05, 0.1) is 23.9 Å². The number of amides is 1. The summed E-state index contributed by atoms with van der Waals surface area (Å²) < 4.78 is 35.2. The number of rotatable bonds is 8. The molecule has 0 bridgehead atoms. The van der Waals surface area contributed by atoms with E-state index >= 15 is 0 Å². The summed E-state index contributed by atoms with van der Waals surface area (Å²) in [6.45, 7) is 4.72. The molecule has 0 spiro atoms. The van der Waals surface area contributed by atoms with E-state index in [1.807, 2.05) is 32.0 Å². The Balaban J connectivity index is 2.08. The summed E-state index contributed by atoms with van der Waals surface area (Å²) in [5.74, 6) is 0.337. The summed E-state index contributed by atoms with van der Waals surface area (Å²) >= 11 is 0. The Morgan fingerprint density at radius 1 is 1.07 bits per heavy atom. The Morgan fingerprint density at radius 2 is 1.70 bits per heavy atom. The second kappa shape index (κ2) is 9.00. The molecule has 0 aliphatic rings. The Hall–Kier alpha value is -3.33. The topological polar surface area (TPSA) is 93.5 Å². The number of nitrogens with one attached hydrogen (secondary N) is 1. The van der Waals surface area contributed by atoms with Crippen molar-refractivity contribution in [3.05, 3.63) is 66.4 Å². The third-order valence-corrected chi connectivity index (χ3v) is 6.01. The number of ether oxygens (including phenoxy) is 1. The highest BCUT2D eigenvalue weighted by molar-refractivity contribution is 7.92. The number of nitrogens with zero attached hydrogens (tertiary/aromatic N) is 3. The number of benzene rings is 2. The standard InChI is InChI=1S/C21H24N4O4S/c1-4-24(5-2)21(26)19-15-22-25(16-9-7-6-8-10-16)20(19)23-30(27,28)18-13-11-17(29-3)12-14-18/h6-15,23H,4-5H2,1-3H3. The third kappa shape index (κ3) is 4.30. The largest absolute Gasteiger partial charge is 0.497 e. The molecule has 8 nitrogen and oxygen atoms in total. The number of para-hydroxylation sites is 1. The van der Waals surface area contributed by atoms with Crippen LogP contribution in [0.3, 0.4) is 0 Å². The molecule has 2 aromatic carbocycles. The van der Waals surface area contributed by atoms with Crippen molar-refractivity contribution in [2.75, 3.05) is 24.9 Å². The summed E-state index contributed by atoms with van der Waals surface area (Å²) in [4.78, 5) is 14.7. The van der Waals surface area contributed by atoms with Crippen LogP contribution in [-0.4, -0.2) is 49.2 Å². The van der Waals surface area contributed by atoms with Crippen LogP contribution in [0.4, 0.5) is 5.82 Å². The van der Waals surface area contributed by atoms with Crippen LogP contribution >= 0.6 is 0 Å². The van der Waals surface area contributed by atoms with E-state index in [-0.39, 0.29) is 22.2 Å². The fourth-order valence-corrected chi connectivity index (χ4v) is 4.05. The van der Waals surface area contributed by atoms with E-state index < -0.39 is 10.0 Å². The second-order valence-corrected chi connectivity index (χ2v) is 8.10. The van der Waals surface area contributed by atoms with Crippen molar-refractivity contribution >= 4 is 21.7 Å². The lowest BCUT2D eigenvalue weighted by atomic mass is 10.2. The van der Waals surface area contributed by atoms with Gasteiger partial charge in [-0.1, -0.05) is 18.2 Å². The number of hydrogen-bond acceptors (Lipinski definition) is 5. The molecule has 1 N–H and O–H groups in total. The van der Waals surface area contributed by atoms with E-state index in [1.165, 1.54) is 30.1 Å². The van der Waals surface area contributed by atoms with Crippen LogP contribution in [0, 0.1) is 0 Å². The lowest BCUT2D eigenvalue weighted by molar-refractivity contribution is 0.0774. The zero-order valence-corrected chi connectivity index (χ0v) is 17.9. The molecule has 0 aliphatic carbocycles. The van der Waals surface area contributed by atoms with E-state index in [1.54, 1.807) is 29.2 Å². The Kier molecular flexibility index (Phi) is 6.41. The first kappa shape index (κ1) is 21.4. The second-order valence-electron chi connectivity index (χ2n) is 6.41. The van der Waals surface area contributed by atoms with Gasteiger partial charge in [0.15, 0.2) is 5.82 Å². The van der Waals surface area contributed by atoms with E-state index in [4.69, 9.17) is 4.74 Å². The zero-order valence-electron chi connectivity index (χ0n) is 17.1. The molecule has 30 heavy (non-hydrogen) atoms. The van der Waals surface area contributed by atoms with Gasteiger partial charge in [-0.15, -0.1) is 0 Å². The minimum absolute atomic E-state index is 0.0466. The first-order chi connectivity index (χ1) is 14.4. The summed E-state index contributed by atoms with van der Waals surface area (Å²) in [7, 11) is -2.47. The Bertz CT molecular complexity index is 1110. The maximum absolute atomic E-state index is 13.0. The molecule has 0 radical (unpaired) electrons. The molecule has 0 unspecified atom stereocenters. The molecular formula is C21H24N4O4S. The smallest absolute Gasteiger partial charge is 0.263 e. The van der Waals surface area contributed by atoms with Gasteiger partial charge >= 0.3 is 0 Å². The van der Waals surface area contributed by atoms with E-state index in [0.717, 1.165) is 0 Å². The average molecular weight is 429 g/mol. The Labute approximate surface area is 176 Å². The van der Waals surface area contributed by atoms with Crippen LogP contribution in [0.2, 0.25) is 0 Å². The van der Waals surface area contributed by atoms with E-state index in [0.29, 0.717) is 24.5 Å². The number of sulfonamides is 1. The first-order valence-electron chi connectivity index (χ1n) is 9.50. The number of hydrogen-bond donors (Lipinski definition) is 1. The summed E-state index contributed by atoms with van der Waals surface area (Å²) in [6, 6.07) is 15.0. The summed E-state index contributed by atoms with van der Waals surface area (Å²) in [5, 5.41) is 4.29. The zero-order chi connectivity index (χ0) is 21.7. The average Bonchev–Trinajstić information content (AvgIpc) is 3.18. The molecule has 0 atom stereocenters. The molecule has 1 heterocycles. The quantitative estimate of drug-likeness (QED) is 0.595. The van der Waals surface area contributed by atoms with Gasteiger partial charge in [-0.3, -0.25) is 9.52 Å².